The van der Waals surface area contributed by atoms with E-state index in [9.17, 15) is 0 Å². The molecular formula is C16H22N4O2S. The van der Waals surface area contributed by atoms with Gasteiger partial charge in [-0.05, 0) is 38.5 Å². The van der Waals surface area contributed by atoms with E-state index >= 15 is 0 Å². The summed E-state index contributed by atoms with van der Waals surface area (Å²) in [5, 5.41) is 11.0. The molecule has 1 atom stereocenters. The van der Waals surface area contributed by atoms with Crippen LogP contribution in [0.5, 0.6) is 0 Å². The third-order valence-electron chi connectivity index (χ3n) is 4.53. The van der Waals surface area contributed by atoms with Crippen molar-refractivity contribution in [2.45, 2.75) is 51.1 Å². The number of aromatic nitrogens is 3. The second-order valence-electron chi connectivity index (χ2n) is 6.46. The third kappa shape index (κ3) is 3.62. The van der Waals surface area contributed by atoms with Gasteiger partial charge in [0.05, 0.1) is 12.6 Å². The highest BCUT2D eigenvalue weighted by Crippen LogP contribution is 2.42. The molecule has 1 aliphatic carbocycles. The van der Waals surface area contributed by atoms with E-state index in [0.717, 1.165) is 43.5 Å². The molecule has 4 rings (SSSR count). The van der Waals surface area contributed by atoms with Crippen molar-refractivity contribution in [3.05, 3.63) is 27.8 Å². The predicted octanol–water partition coefficient (Wildman–Crippen LogP) is 2.97. The van der Waals surface area contributed by atoms with Crippen LogP contribution in [-0.4, -0.2) is 28.3 Å². The molecule has 1 saturated carbocycles. The highest BCUT2D eigenvalue weighted by atomic mass is 32.1. The zero-order valence-electron chi connectivity index (χ0n) is 13.3. The smallest absolute Gasteiger partial charge is 0.229 e. The molecule has 0 aromatic carbocycles. The van der Waals surface area contributed by atoms with E-state index in [2.05, 4.69) is 25.8 Å². The van der Waals surface area contributed by atoms with Gasteiger partial charge in [0.2, 0.25) is 5.89 Å². The van der Waals surface area contributed by atoms with Crippen LogP contribution in [0.3, 0.4) is 0 Å². The second-order valence-corrected chi connectivity index (χ2v) is 7.35. The largest absolute Gasteiger partial charge is 0.381 e. The zero-order chi connectivity index (χ0) is 15.6. The molecule has 3 heterocycles. The molecule has 2 aromatic rings. The zero-order valence-corrected chi connectivity index (χ0v) is 14.1. The van der Waals surface area contributed by atoms with Gasteiger partial charge in [-0.1, -0.05) is 5.16 Å². The Morgan fingerprint density at radius 3 is 2.78 bits per heavy atom. The van der Waals surface area contributed by atoms with Gasteiger partial charge in [-0.3, -0.25) is 0 Å². The number of hydrogen-bond acceptors (Lipinski definition) is 7. The van der Waals surface area contributed by atoms with E-state index in [1.54, 1.807) is 11.3 Å². The molecule has 0 unspecified atom stereocenters. The number of nitrogens with one attached hydrogen (secondary N) is 1. The highest BCUT2D eigenvalue weighted by Gasteiger charge is 2.34. The van der Waals surface area contributed by atoms with Gasteiger partial charge in [-0.15, -0.1) is 11.3 Å². The van der Waals surface area contributed by atoms with Crippen molar-refractivity contribution in [2.24, 2.45) is 5.92 Å². The molecule has 2 aliphatic rings. The maximum atomic E-state index is 5.45. The number of ether oxygens (including phenoxy) is 1. The molecular weight excluding hydrogens is 312 g/mol. The Morgan fingerprint density at radius 1 is 1.26 bits per heavy atom. The lowest BCUT2D eigenvalue weighted by molar-refractivity contribution is 0.0778. The van der Waals surface area contributed by atoms with Crippen LogP contribution < -0.4 is 5.32 Å². The van der Waals surface area contributed by atoms with Gasteiger partial charge < -0.3 is 14.6 Å². The van der Waals surface area contributed by atoms with Crippen molar-refractivity contribution in [1.82, 2.24) is 20.4 Å². The minimum atomic E-state index is 0.318. The molecule has 2 fully saturated rings. The summed E-state index contributed by atoms with van der Waals surface area (Å²) in [6.45, 7) is 4.25. The summed E-state index contributed by atoms with van der Waals surface area (Å²) in [7, 11) is 0. The standard InChI is InChI=1S/C16H22N4O2S/c1-10-9-23-16(18-10)14(11-2-3-11)17-8-13-19-15(22-20-13)12-4-6-21-7-5-12/h9,11-12,14,17H,2-8H2,1H3/t14-/m1/s1. The minimum Gasteiger partial charge on any atom is -0.381 e. The molecule has 2 aromatic heterocycles. The highest BCUT2D eigenvalue weighted by molar-refractivity contribution is 7.09. The van der Waals surface area contributed by atoms with Crippen molar-refractivity contribution in [2.75, 3.05) is 13.2 Å². The Hall–Kier alpha value is -1.31. The molecule has 0 radical (unpaired) electrons. The fourth-order valence-corrected chi connectivity index (χ4v) is 4.01. The van der Waals surface area contributed by atoms with Crippen molar-refractivity contribution >= 4 is 11.3 Å². The van der Waals surface area contributed by atoms with E-state index in [1.165, 1.54) is 17.8 Å². The maximum Gasteiger partial charge on any atom is 0.229 e. The van der Waals surface area contributed by atoms with Gasteiger partial charge in [0, 0.05) is 30.2 Å². The summed E-state index contributed by atoms with van der Waals surface area (Å²) in [6.07, 6.45) is 4.49. The summed E-state index contributed by atoms with van der Waals surface area (Å²) in [5.74, 6) is 2.55. The Balaban J connectivity index is 1.38. The van der Waals surface area contributed by atoms with Crippen LogP contribution in [0.4, 0.5) is 0 Å². The lowest BCUT2D eigenvalue weighted by Crippen LogP contribution is -2.23. The third-order valence-corrected chi connectivity index (χ3v) is 5.58. The van der Waals surface area contributed by atoms with Crippen LogP contribution in [0, 0.1) is 12.8 Å². The molecule has 1 aliphatic heterocycles. The van der Waals surface area contributed by atoms with Gasteiger partial charge in [-0.2, -0.15) is 4.98 Å². The van der Waals surface area contributed by atoms with Gasteiger partial charge in [-0.25, -0.2) is 4.98 Å². The Labute approximate surface area is 139 Å². The number of nitrogens with zero attached hydrogens (tertiary/aromatic N) is 3. The van der Waals surface area contributed by atoms with Crippen molar-refractivity contribution in [3.63, 3.8) is 0 Å². The van der Waals surface area contributed by atoms with Crippen LogP contribution >= 0.6 is 11.3 Å². The molecule has 23 heavy (non-hydrogen) atoms. The average Bonchev–Trinajstić information content (AvgIpc) is 3.14. The van der Waals surface area contributed by atoms with Crippen molar-refractivity contribution in [3.8, 4) is 0 Å². The summed E-state index contributed by atoms with van der Waals surface area (Å²) in [5.41, 5.74) is 1.10. The van der Waals surface area contributed by atoms with E-state index < -0.39 is 0 Å². The Bertz CT molecular complexity index is 646. The average molecular weight is 334 g/mol. The second kappa shape index (κ2) is 6.67. The summed E-state index contributed by atoms with van der Waals surface area (Å²) >= 11 is 1.74. The quantitative estimate of drug-likeness (QED) is 0.875. The summed E-state index contributed by atoms with van der Waals surface area (Å²) in [6, 6.07) is 0.318. The number of aryl methyl sites for hydroxylation is 1. The number of hydrogen-bond donors (Lipinski definition) is 1. The summed E-state index contributed by atoms with van der Waals surface area (Å²) < 4.78 is 10.8. The molecule has 7 heteroatoms. The van der Waals surface area contributed by atoms with Crippen LogP contribution in [0.15, 0.2) is 9.90 Å². The number of rotatable bonds is 6. The van der Waals surface area contributed by atoms with Crippen molar-refractivity contribution in [1.29, 1.82) is 0 Å². The maximum absolute atomic E-state index is 5.45. The normalized spacial score (nSPS) is 20.7. The van der Waals surface area contributed by atoms with Crippen LogP contribution in [-0.2, 0) is 11.3 Å². The van der Waals surface area contributed by atoms with E-state index in [-0.39, 0.29) is 0 Å². The molecule has 6 nitrogen and oxygen atoms in total. The van der Waals surface area contributed by atoms with E-state index in [0.29, 0.717) is 24.4 Å². The molecule has 124 valence electrons. The Morgan fingerprint density at radius 2 is 2.09 bits per heavy atom. The first-order valence-electron chi connectivity index (χ1n) is 8.35. The molecule has 1 saturated heterocycles. The van der Waals surface area contributed by atoms with Gasteiger partial charge in [0.1, 0.15) is 5.01 Å². The van der Waals surface area contributed by atoms with Crippen LogP contribution in [0.1, 0.15) is 60.1 Å². The minimum absolute atomic E-state index is 0.318. The Kier molecular flexibility index (Phi) is 4.41. The SMILES string of the molecule is Cc1csc([C@H](NCc2noc(C3CCOCC3)n2)C2CC2)n1. The fourth-order valence-electron chi connectivity index (χ4n) is 3.05. The molecule has 0 bridgehead atoms. The van der Waals surface area contributed by atoms with Crippen LogP contribution in [0.25, 0.3) is 0 Å². The fraction of sp³-hybridized carbons (Fsp3) is 0.688. The predicted molar refractivity (Wildman–Crippen MR) is 86.2 cm³/mol. The molecule has 0 spiro atoms. The van der Waals surface area contributed by atoms with Gasteiger partial charge in [0.25, 0.3) is 0 Å². The van der Waals surface area contributed by atoms with Gasteiger partial charge in [0.15, 0.2) is 5.82 Å². The lowest BCUT2D eigenvalue weighted by Gasteiger charge is -2.18. The first kappa shape index (κ1) is 15.2. The monoisotopic (exact) mass is 334 g/mol. The van der Waals surface area contributed by atoms with E-state index in [1.807, 2.05) is 6.92 Å². The van der Waals surface area contributed by atoms with E-state index in [4.69, 9.17) is 9.26 Å². The number of thiazole rings is 1. The summed E-state index contributed by atoms with van der Waals surface area (Å²) in [4.78, 5) is 9.21. The first-order valence-corrected chi connectivity index (χ1v) is 9.23. The first-order chi connectivity index (χ1) is 11.3. The molecule has 0 amide bonds. The van der Waals surface area contributed by atoms with Gasteiger partial charge >= 0.3 is 0 Å². The topological polar surface area (TPSA) is 73.1 Å². The lowest BCUT2D eigenvalue weighted by atomic mass is 10.0. The molecule has 1 N–H and O–H groups in total. The van der Waals surface area contributed by atoms with Crippen molar-refractivity contribution < 1.29 is 9.26 Å². The van der Waals surface area contributed by atoms with Crippen LogP contribution in [0.2, 0.25) is 0 Å².